The summed E-state index contributed by atoms with van der Waals surface area (Å²) in [5, 5.41) is 8.83. The minimum Gasteiger partial charge on any atom is -0.379 e. The molecule has 0 saturated carbocycles. The lowest BCUT2D eigenvalue weighted by Crippen LogP contribution is -2.20. The molecule has 0 amide bonds. The van der Waals surface area contributed by atoms with Gasteiger partial charge in [0.15, 0.2) is 6.10 Å². The van der Waals surface area contributed by atoms with Gasteiger partial charge in [-0.1, -0.05) is 12.1 Å². The van der Waals surface area contributed by atoms with Gasteiger partial charge in [0.05, 0.1) is 0 Å². The molecule has 8 heteroatoms. The molecular formula is C9H6F6OS. The fourth-order valence-electron chi connectivity index (χ4n) is 1.04. The average molecular weight is 276 g/mol. The first-order valence-electron chi connectivity index (χ1n) is 4.20. The van der Waals surface area contributed by atoms with Crippen LogP contribution in [0.25, 0.3) is 0 Å². The molecule has 0 aliphatic heterocycles. The highest BCUT2D eigenvalue weighted by molar-refractivity contribution is 8.00. The first-order valence-corrected chi connectivity index (χ1v) is 5.02. The highest BCUT2D eigenvalue weighted by atomic mass is 32.2. The monoisotopic (exact) mass is 276 g/mol. The van der Waals surface area contributed by atoms with Gasteiger partial charge in [-0.25, -0.2) is 0 Å². The number of hydrogen-bond acceptors (Lipinski definition) is 2. The molecule has 1 rings (SSSR count). The standard InChI is InChI=1S/C9H6F6OS/c10-8(11,12)7(16)5-1-3-6(4-2-5)17-9(13,14)15/h1-4,7,16H/t7-/m1/s1. The van der Waals surface area contributed by atoms with Crippen molar-refractivity contribution >= 4 is 11.8 Å². The van der Waals surface area contributed by atoms with E-state index >= 15 is 0 Å². The first-order chi connectivity index (χ1) is 7.59. The number of benzene rings is 1. The molecular weight excluding hydrogens is 270 g/mol. The second-order valence-corrected chi connectivity index (χ2v) is 4.20. The highest BCUT2D eigenvalue weighted by Crippen LogP contribution is 2.38. The Hall–Kier alpha value is -0.890. The Kier molecular flexibility index (Phi) is 3.98. The van der Waals surface area contributed by atoms with E-state index in [2.05, 4.69) is 0 Å². The molecule has 1 aromatic rings. The van der Waals surface area contributed by atoms with Crippen LogP contribution in [0.15, 0.2) is 29.2 Å². The molecule has 0 spiro atoms. The van der Waals surface area contributed by atoms with Gasteiger partial charge in [-0.05, 0) is 29.5 Å². The van der Waals surface area contributed by atoms with Gasteiger partial charge in [0.1, 0.15) is 0 Å². The molecule has 1 aromatic carbocycles. The van der Waals surface area contributed by atoms with Crippen LogP contribution in [0.4, 0.5) is 26.3 Å². The van der Waals surface area contributed by atoms with Crippen molar-refractivity contribution in [3.05, 3.63) is 29.8 Å². The Labute approximate surface area is 96.4 Å². The van der Waals surface area contributed by atoms with E-state index in [0.717, 1.165) is 24.3 Å². The molecule has 1 atom stereocenters. The Balaban J connectivity index is 2.82. The van der Waals surface area contributed by atoms with E-state index in [1.807, 2.05) is 0 Å². The number of alkyl halides is 6. The third kappa shape index (κ3) is 4.47. The Morgan fingerprint density at radius 1 is 0.941 bits per heavy atom. The summed E-state index contributed by atoms with van der Waals surface area (Å²) in [7, 11) is 0. The predicted molar refractivity (Wildman–Crippen MR) is 49.4 cm³/mol. The minimum atomic E-state index is -4.83. The minimum absolute atomic E-state index is 0.240. The Morgan fingerprint density at radius 2 is 1.41 bits per heavy atom. The topological polar surface area (TPSA) is 20.2 Å². The number of rotatable bonds is 2. The number of aliphatic hydroxyl groups is 1. The summed E-state index contributed by atoms with van der Waals surface area (Å²) in [5.74, 6) is 0. The van der Waals surface area contributed by atoms with Crippen LogP contribution >= 0.6 is 11.8 Å². The van der Waals surface area contributed by atoms with Crippen molar-refractivity contribution in [2.75, 3.05) is 0 Å². The third-order valence-electron chi connectivity index (χ3n) is 1.74. The molecule has 0 radical (unpaired) electrons. The molecule has 0 aliphatic rings. The molecule has 0 aromatic heterocycles. The fourth-order valence-corrected chi connectivity index (χ4v) is 1.58. The van der Waals surface area contributed by atoms with Gasteiger partial charge in [0, 0.05) is 4.90 Å². The maximum Gasteiger partial charge on any atom is 0.446 e. The number of hydrogen-bond donors (Lipinski definition) is 1. The van der Waals surface area contributed by atoms with E-state index in [0.29, 0.717) is 0 Å². The second kappa shape index (κ2) is 4.77. The molecule has 0 bridgehead atoms. The lowest BCUT2D eigenvalue weighted by molar-refractivity contribution is -0.206. The summed E-state index contributed by atoms with van der Waals surface area (Å²) >= 11 is -0.434. The molecule has 96 valence electrons. The van der Waals surface area contributed by atoms with Crippen molar-refractivity contribution in [1.82, 2.24) is 0 Å². The van der Waals surface area contributed by atoms with Gasteiger partial charge < -0.3 is 5.11 Å². The quantitative estimate of drug-likeness (QED) is 0.653. The molecule has 0 aliphatic carbocycles. The van der Waals surface area contributed by atoms with Crippen LogP contribution in [0.1, 0.15) is 11.7 Å². The smallest absolute Gasteiger partial charge is 0.379 e. The lowest BCUT2D eigenvalue weighted by atomic mass is 10.1. The van der Waals surface area contributed by atoms with Gasteiger partial charge in [-0.3, -0.25) is 0 Å². The maximum absolute atomic E-state index is 12.1. The lowest BCUT2D eigenvalue weighted by Gasteiger charge is -2.15. The van der Waals surface area contributed by atoms with Crippen molar-refractivity contribution in [3.63, 3.8) is 0 Å². The predicted octanol–water partition coefficient (Wildman–Crippen LogP) is 3.89. The van der Waals surface area contributed by atoms with E-state index in [1.54, 1.807) is 0 Å². The summed E-state index contributed by atoms with van der Waals surface area (Å²) in [4.78, 5) is -0.240. The van der Waals surface area contributed by atoms with Crippen molar-refractivity contribution in [1.29, 1.82) is 0 Å². The molecule has 1 nitrogen and oxygen atoms in total. The van der Waals surface area contributed by atoms with Crippen molar-refractivity contribution in [2.24, 2.45) is 0 Å². The van der Waals surface area contributed by atoms with Crippen molar-refractivity contribution < 1.29 is 31.4 Å². The normalized spacial score (nSPS) is 14.8. The van der Waals surface area contributed by atoms with E-state index in [-0.39, 0.29) is 4.90 Å². The van der Waals surface area contributed by atoms with Gasteiger partial charge in [-0.15, -0.1) is 0 Å². The number of thioether (sulfide) groups is 1. The van der Waals surface area contributed by atoms with E-state index in [1.165, 1.54) is 0 Å². The van der Waals surface area contributed by atoms with Crippen LogP contribution in [0.2, 0.25) is 0 Å². The van der Waals surface area contributed by atoms with Gasteiger partial charge in [0.25, 0.3) is 0 Å². The molecule has 0 fully saturated rings. The summed E-state index contributed by atoms with van der Waals surface area (Å²) in [5.41, 5.74) is -4.99. The zero-order chi connectivity index (χ0) is 13.3. The number of aliphatic hydroxyl groups excluding tert-OH is 1. The largest absolute Gasteiger partial charge is 0.446 e. The fraction of sp³-hybridized carbons (Fsp3) is 0.333. The Morgan fingerprint density at radius 3 is 1.76 bits per heavy atom. The van der Waals surface area contributed by atoms with Crippen molar-refractivity contribution in [3.8, 4) is 0 Å². The summed E-state index contributed by atoms with van der Waals surface area (Å²) in [6.07, 6.45) is -7.52. The molecule has 0 heterocycles. The third-order valence-corrected chi connectivity index (χ3v) is 2.48. The number of halogens is 6. The summed E-state index contributed by atoms with van der Waals surface area (Å²) in [6, 6.07) is 3.38. The Bertz CT molecular complexity index is 369. The van der Waals surface area contributed by atoms with Crippen LogP contribution in [0.5, 0.6) is 0 Å². The van der Waals surface area contributed by atoms with E-state index < -0.39 is 35.1 Å². The second-order valence-electron chi connectivity index (χ2n) is 3.06. The maximum atomic E-state index is 12.1. The molecule has 1 N–H and O–H groups in total. The zero-order valence-corrected chi connectivity index (χ0v) is 8.83. The van der Waals surface area contributed by atoms with E-state index in [4.69, 9.17) is 5.11 Å². The van der Waals surface area contributed by atoms with E-state index in [9.17, 15) is 26.3 Å². The van der Waals surface area contributed by atoms with Crippen LogP contribution < -0.4 is 0 Å². The van der Waals surface area contributed by atoms with Gasteiger partial charge >= 0.3 is 11.7 Å². The van der Waals surface area contributed by atoms with Gasteiger partial charge in [-0.2, -0.15) is 26.3 Å². The highest BCUT2D eigenvalue weighted by Gasteiger charge is 2.39. The van der Waals surface area contributed by atoms with Gasteiger partial charge in [0.2, 0.25) is 0 Å². The average Bonchev–Trinajstić information content (AvgIpc) is 2.14. The summed E-state index contributed by atoms with van der Waals surface area (Å²) in [6.45, 7) is 0. The SMILES string of the molecule is O[C@H](c1ccc(SC(F)(F)F)cc1)C(F)(F)F. The molecule has 0 unspecified atom stereocenters. The molecule has 17 heavy (non-hydrogen) atoms. The van der Waals surface area contributed by atoms with Crippen LogP contribution in [-0.2, 0) is 0 Å². The first kappa shape index (κ1) is 14.2. The molecule has 0 saturated heterocycles. The van der Waals surface area contributed by atoms with Crippen LogP contribution in [0.3, 0.4) is 0 Å². The van der Waals surface area contributed by atoms with Crippen LogP contribution in [-0.4, -0.2) is 16.8 Å². The summed E-state index contributed by atoms with van der Waals surface area (Å²) < 4.78 is 72.0. The van der Waals surface area contributed by atoms with Crippen LogP contribution in [0, 0.1) is 0 Å². The van der Waals surface area contributed by atoms with Crippen molar-refractivity contribution in [2.45, 2.75) is 22.7 Å². The zero-order valence-electron chi connectivity index (χ0n) is 8.01.